The van der Waals surface area contributed by atoms with Crippen LogP contribution in [0.1, 0.15) is 18.8 Å². The van der Waals surface area contributed by atoms with Crippen LogP contribution in [-0.2, 0) is 4.79 Å². The second-order valence-electron chi connectivity index (χ2n) is 3.05. The lowest BCUT2D eigenvalue weighted by Crippen LogP contribution is -2.39. The third kappa shape index (κ3) is 2.54. The predicted octanol–water partition coefficient (Wildman–Crippen LogP) is -0.727. The normalized spacial score (nSPS) is 11.8. The van der Waals surface area contributed by atoms with Gasteiger partial charge in [-0.15, -0.1) is 0 Å². The van der Waals surface area contributed by atoms with Gasteiger partial charge in [0.05, 0.1) is 0 Å². The van der Waals surface area contributed by atoms with Crippen LogP contribution in [0.5, 0.6) is 0 Å². The molecule has 3 amide bonds. The van der Waals surface area contributed by atoms with Gasteiger partial charge in [0.1, 0.15) is 11.0 Å². The van der Waals surface area contributed by atoms with Gasteiger partial charge in [0, 0.05) is 12.4 Å². The maximum Gasteiger partial charge on any atom is 0.318 e. The van der Waals surface area contributed by atoms with Crippen LogP contribution < -0.4 is 16.8 Å². The highest BCUT2D eigenvalue weighted by atomic mass is 32.1. The van der Waals surface area contributed by atoms with E-state index < -0.39 is 18.0 Å². The number of urea groups is 1. The molecule has 1 rings (SSSR count). The summed E-state index contributed by atoms with van der Waals surface area (Å²) in [5.74, 6) is -0.245. The van der Waals surface area contributed by atoms with E-state index in [1.54, 1.807) is 13.1 Å². The number of hydrogen-bond donors (Lipinski definition) is 3. The molecule has 0 spiro atoms. The van der Waals surface area contributed by atoms with Crippen molar-refractivity contribution in [3.63, 3.8) is 0 Å². The van der Waals surface area contributed by atoms with Crippen LogP contribution in [0.25, 0.3) is 0 Å². The van der Waals surface area contributed by atoms with Crippen molar-refractivity contribution in [1.82, 2.24) is 14.9 Å². The maximum absolute atomic E-state index is 11.5. The van der Waals surface area contributed by atoms with Gasteiger partial charge in [0.2, 0.25) is 0 Å². The van der Waals surface area contributed by atoms with Gasteiger partial charge in [0.15, 0.2) is 5.82 Å². The Hall–Kier alpha value is -1.96. The summed E-state index contributed by atoms with van der Waals surface area (Å²) in [4.78, 5) is 26.0. The number of imidazole rings is 1. The molecular formula is C8H11N5O2S. The zero-order valence-electron chi connectivity index (χ0n) is 8.51. The summed E-state index contributed by atoms with van der Waals surface area (Å²) in [7, 11) is 0. The van der Waals surface area contributed by atoms with E-state index in [2.05, 4.69) is 4.98 Å². The molecule has 7 nitrogen and oxygen atoms in total. The Kier molecular flexibility index (Phi) is 3.56. The smallest absolute Gasteiger partial charge is 0.318 e. The van der Waals surface area contributed by atoms with Crippen LogP contribution >= 0.6 is 12.2 Å². The molecule has 1 atom stereocenters. The third-order valence-electron chi connectivity index (χ3n) is 1.93. The van der Waals surface area contributed by atoms with E-state index in [1.807, 2.05) is 5.32 Å². The number of hydrogen-bond acceptors (Lipinski definition) is 4. The first-order valence-electron chi connectivity index (χ1n) is 4.36. The number of aromatic nitrogens is 2. The summed E-state index contributed by atoms with van der Waals surface area (Å²) in [5.41, 5.74) is 10.3. The topological polar surface area (TPSA) is 116 Å². The van der Waals surface area contributed by atoms with E-state index in [0.717, 1.165) is 0 Å². The van der Waals surface area contributed by atoms with E-state index in [0.29, 0.717) is 5.82 Å². The number of thiocarbonyl (C=S) groups is 1. The Bertz CT molecular complexity index is 441. The molecule has 1 heterocycles. The average Bonchev–Trinajstić information content (AvgIpc) is 2.63. The molecule has 0 aromatic carbocycles. The Morgan fingerprint density at radius 3 is 2.69 bits per heavy atom. The standard InChI is InChI=1S/C8H11N5O2S/c1-4(7(14)12-8(10)15)13-3-2-11-6(13)5(9)16/h2-4H,1H3,(H2,9,16)(H3,10,12,14,15). The van der Waals surface area contributed by atoms with E-state index >= 15 is 0 Å². The predicted molar refractivity (Wildman–Crippen MR) is 60.6 cm³/mol. The number of carbonyl (C=O) groups excluding carboxylic acids is 2. The Morgan fingerprint density at radius 2 is 2.19 bits per heavy atom. The summed E-state index contributed by atoms with van der Waals surface area (Å²) in [6.45, 7) is 1.57. The number of nitrogens with zero attached hydrogens (tertiary/aromatic N) is 2. The lowest BCUT2D eigenvalue weighted by molar-refractivity contribution is -0.122. The number of amides is 3. The van der Waals surface area contributed by atoms with E-state index in [-0.39, 0.29) is 4.99 Å². The highest BCUT2D eigenvalue weighted by molar-refractivity contribution is 7.80. The van der Waals surface area contributed by atoms with Crippen molar-refractivity contribution < 1.29 is 9.59 Å². The van der Waals surface area contributed by atoms with Gasteiger partial charge in [-0.05, 0) is 6.92 Å². The summed E-state index contributed by atoms with van der Waals surface area (Å²) in [6, 6.07) is -1.58. The Labute approximate surface area is 96.8 Å². The minimum Gasteiger partial charge on any atom is -0.387 e. The van der Waals surface area contributed by atoms with Gasteiger partial charge in [0.25, 0.3) is 5.91 Å². The first-order valence-corrected chi connectivity index (χ1v) is 4.77. The van der Waals surface area contributed by atoms with Gasteiger partial charge >= 0.3 is 6.03 Å². The lowest BCUT2D eigenvalue weighted by Gasteiger charge is -2.14. The van der Waals surface area contributed by atoms with Crippen LogP contribution in [0.15, 0.2) is 12.4 Å². The zero-order valence-corrected chi connectivity index (χ0v) is 9.32. The van der Waals surface area contributed by atoms with Gasteiger partial charge in [-0.2, -0.15) is 0 Å². The number of imide groups is 1. The van der Waals surface area contributed by atoms with Gasteiger partial charge in [-0.1, -0.05) is 12.2 Å². The fraction of sp³-hybridized carbons (Fsp3) is 0.250. The number of nitrogens with two attached hydrogens (primary N) is 2. The molecule has 5 N–H and O–H groups in total. The summed E-state index contributed by atoms with van der Waals surface area (Å²) in [6.07, 6.45) is 3.00. The second-order valence-corrected chi connectivity index (χ2v) is 3.49. The average molecular weight is 241 g/mol. The molecule has 0 aliphatic rings. The molecule has 0 aliphatic heterocycles. The van der Waals surface area contributed by atoms with Crippen LogP contribution in [0.2, 0.25) is 0 Å². The summed E-state index contributed by atoms with van der Waals surface area (Å²) < 4.78 is 1.46. The molecule has 0 fully saturated rings. The van der Waals surface area contributed by atoms with Gasteiger partial charge in [-0.3, -0.25) is 10.1 Å². The van der Waals surface area contributed by atoms with Crippen molar-refractivity contribution in [3.05, 3.63) is 18.2 Å². The molecule has 1 aromatic rings. The number of nitrogens with one attached hydrogen (secondary N) is 1. The Balaban J connectivity index is 2.91. The summed E-state index contributed by atoms with van der Waals surface area (Å²) >= 11 is 4.77. The number of rotatable bonds is 3. The molecule has 8 heteroatoms. The summed E-state index contributed by atoms with van der Waals surface area (Å²) in [5, 5.41) is 1.96. The maximum atomic E-state index is 11.5. The molecule has 1 unspecified atom stereocenters. The van der Waals surface area contributed by atoms with E-state index in [4.69, 9.17) is 23.7 Å². The lowest BCUT2D eigenvalue weighted by atomic mass is 10.3. The van der Waals surface area contributed by atoms with Crippen LogP contribution in [0, 0.1) is 0 Å². The first-order chi connectivity index (χ1) is 7.43. The first kappa shape index (κ1) is 12.1. The van der Waals surface area contributed by atoms with Crippen molar-refractivity contribution in [3.8, 4) is 0 Å². The fourth-order valence-electron chi connectivity index (χ4n) is 1.17. The SMILES string of the molecule is CC(C(=O)NC(N)=O)n1ccnc1C(N)=S. The highest BCUT2D eigenvalue weighted by Crippen LogP contribution is 2.09. The van der Waals surface area contributed by atoms with Crippen molar-refractivity contribution in [2.24, 2.45) is 11.5 Å². The third-order valence-corrected chi connectivity index (χ3v) is 2.11. The highest BCUT2D eigenvalue weighted by Gasteiger charge is 2.19. The van der Waals surface area contributed by atoms with E-state index in [9.17, 15) is 9.59 Å². The van der Waals surface area contributed by atoms with Gasteiger partial charge in [-0.25, -0.2) is 9.78 Å². The van der Waals surface area contributed by atoms with Crippen LogP contribution in [-0.4, -0.2) is 26.5 Å². The Morgan fingerprint density at radius 1 is 1.56 bits per heavy atom. The monoisotopic (exact) mass is 241 g/mol. The van der Waals surface area contributed by atoms with Crippen molar-refractivity contribution in [2.45, 2.75) is 13.0 Å². The number of carbonyl (C=O) groups is 2. The molecule has 0 saturated carbocycles. The molecule has 1 aromatic heterocycles. The molecule has 0 saturated heterocycles. The minimum atomic E-state index is -0.908. The minimum absolute atomic E-state index is 0.0729. The van der Waals surface area contributed by atoms with Crippen LogP contribution in [0.3, 0.4) is 0 Å². The molecule has 0 radical (unpaired) electrons. The van der Waals surface area contributed by atoms with Crippen LogP contribution in [0.4, 0.5) is 4.79 Å². The largest absolute Gasteiger partial charge is 0.387 e. The molecule has 0 bridgehead atoms. The molecule has 0 aliphatic carbocycles. The second kappa shape index (κ2) is 4.71. The zero-order chi connectivity index (χ0) is 12.3. The molecular weight excluding hydrogens is 230 g/mol. The van der Waals surface area contributed by atoms with Gasteiger partial charge < -0.3 is 16.0 Å². The molecule has 86 valence electrons. The molecule has 16 heavy (non-hydrogen) atoms. The van der Waals surface area contributed by atoms with E-state index in [1.165, 1.54) is 10.8 Å². The fourth-order valence-corrected chi connectivity index (χ4v) is 1.33. The quantitative estimate of drug-likeness (QED) is 0.603. The van der Waals surface area contributed by atoms with Crippen molar-refractivity contribution >= 4 is 29.1 Å². The van der Waals surface area contributed by atoms with Crippen molar-refractivity contribution in [1.29, 1.82) is 0 Å². The van der Waals surface area contributed by atoms with Crippen molar-refractivity contribution in [2.75, 3.05) is 0 Å². The number of primary amides is 1.